The Morgan fingerprint density at radius 1 is 1.16 bits per heavy atom. The smallest absolute Gasteiger partial charge is 0.325 e. The molecule has 3 amide bonds. The molecule has 1 heterocycles. The number of carbonyl (C=O) groups excluding carboxylic acids is 3. The minimum atomic E-state index is -4.59. The number of nitro benzene ring substituents is 1. The summed E-state index contributed by atoms with van der Waals surface area (Å²) >= 11 is 0.577. The number of thioether (sulfide) groups is 1. The average molecular weight is 451 g/mol. The monoisotopic (exact) mass is 451 g/mol. The maximum atomic E-state index is 12.8. The number of benzene rings is 2. The van der Waals surface area contributed by atoms with Gasteiger partial charge in [-0.15, -0.1) is 0 Å². The fraction of sp³-hybridized carbons (Fsp3) is 0.105. The van der Waals surface area contributed by atoms with E-state index in [4.69, 9.17) is 0 Å². The molecule has 1 N–H and O–H groups in total. The molecule has 8 nitrogen and oxygen atoms in total. The molecule has 1 aliphatic heterocycles. The molecule has 12 heteroatoms. The van der Waals surface area contributed by atoms with Gasteiger partial charge in [0.2, 0.25) is 5.91 Å². The van der Waals surface area contributed by atoms with Gasteiger partial charge in [-0.1, -0.05) is 6.07 Å². The minimum Gasteiger partial charge on any atom is -0.325 e. The molecule has 0 aliphatic carbocycles. The molecule has 0 unspecified atom stereocenters. The van der Waals surface area contributed by atoms with Gasteiger partial charge in [-0.2, -0.15) is 13.2 Å². The number of anilines is 1. The highest BCUT2D eigenvalue weighted by Crippen LogP contribution is 2.33. The first kappa shape index (κ1) is 22.0. The highest BCUT2D eigenvalue weighted by Gasteiger charge is 2.36. The quantitative estimate of drug-likeness (QED) is 0.413. The lowest BCUT2D eigenvalue weighted by Gasteiger charge is -2.13. The number of rotatable bonds is 5. The van der Waals surface area contributed by atoms with Gasteiger partial charge in [-0.3, -0.25) is 29.4 Å². The van der Waals surface area contributed by atoms with Gasteiger partial charge < -0.3 is 5.32 Å². The zero-order valence-electron chi connectivity index (χ0n) is 15.4. The topological polar surface area (TPSA) is 110 Å². The average Bonchev–Trinajstić information content (AvgIpc) is 2.95. The van der Waals surface area contributed by atoms with Crippen molar-refractivity contribution in [2.75, 3.05) is 11.9 Å². The molecular weight excluding hydrogens is 439 g/mol. The largest absolute Gasteiger partial charge is 0.416 e. The van der Waals surface area contributed by atoms with Crippen LogP contribution in [0.3, 0.4) is 0 Å². The molecule has 0 saturated carbocycles. The van der Waals surface area contributed by atoms with E-state index in [0.717, 1.165) is 18.2 Å². The number of carbonyl (C=O) groups is 3. The highest BCUT2D eigenvalue weighted by atomic mass is 32.2. The summed E-state index contributed by atoms with van der Waals surface area (Å²) in [6.07, 6.45) is -3.24. The normalized spacial score (nSPS) is 15.5. The summed E-state index contributed by atoms with van der Waals surface area (Å²) in [7, 11) is 0. The van der Waals surface area contributed by atoms with Crippen LogP contribution in [0.5, 0.6) is 0 Å². The van der Waals surface area contributed by atoms with E-state index in [1.165, 1.54) is 36.4 Å². The Hall–Kier alpha value is -3.67. The van der Waals surface area contributed by atoms with E-state index in [1.807, 2.05) is 0 Å². The first-order valence-corrected chi connectivity index (χ1v) is 9.33. The third kappa shape index (κ3) is 5.28. The predicted molar refractivity (Wildman–Crippen MR) is 106 cm³/mol. The summed E-state index contributed by atoms with van der Waals surface area (Å²) in [5, 5.41) is 12.2. The number of nitrogens with one attached hydrogen (secondary N) is 1. The van der Waals surface area contributed by atoms with Crippen LogP contribution in [0.4, 0.5) is 29.3 Å². The molecule has 0 aromatic heterocycles. The van der Waals surface area contributed by atoms with E-state index in [2.05, 4.69) is 5.32 Å². The molecule has 160 valence electrons. The Kier molecular flexibility index (Phi) is 6.11. The number of non-ortho nitro benzene ring substituents is 1. The zero-order chi connectivity index (χ0) is 22.8. The van der Waals surface area contributed by atoms with E-state index < -0.39 is 40.3 Å². The molecule has 0 bridgehead atoms. The van der Waals surface area contributed by atoms with Crippen molar-refractivity contribution < 1.29 is 32.5 Å². The van der Waals surface area contributed by atoms with E-state index in [9.17, 15) is 37.7 Å². The van der Waals surface area contributed by atoms with E-state index in [1.54, 1.807) is 0 Å². The molecule has 1 aliphatic rings. The van der Waals surface area contributed by atoms with Crippen molar-refractivity contribution in [3.63, 3.8) is 0 Å². The standard InChI is InChI=1S/C19H12F3N3O5S/c20-19(21,22)12-2-1-3-13(9-12)23-16(26)10-24-17(27)15(31-18(24)28)8-11-4-6-14(7-5-11)25(29)30/h1-9H,10H2,(H,23,26)/b15-8-. The van der Waals surface area contributed by atoms with Gasteiger partial charge in [-0.05, 0) is 53.7 Å². The maximum Gasteiger partial charge on any atom is 0.416 e. The molecule has 1 saturated heterocycles. The number of alkyl halides is 3. The van der Waals surface area contributed by atoms with E-state index in [0.29, 0.717) is 22.2 Å². The van der Waals surface area contributed by atoms with Gasteiger partial charge in [0.05, 0.1) is 15.4 Å². The second kappa shape index (κ2) is 8.60. The Balaban J connectivity index is 1.68. The molecule has 31 heavy (non-hydrogen) atoms. The summed E-state index contributed by atoms with van der Waals surface area (Å²) < 4.78 is 38.3. The second-order valence-corrected chi connectivity index (χ2v) is 7.24. The fourth-order valence-electron chi connectivity index (χ4n) is 2.60. The van der Waals surface area contributed by atoms with Crippen molar-refractivity contribution in [2.24, 2.45) is 0 Å². The third-order valence-corrected chi connectivity index (χ3v) is 4.96. The summed E-state index contributed by atoms with van der Waals surface area (Å²) in [5.41, 5.74) is -0.795. The Morgan fingerprint density at radius 3 is 2.45 bits per heavy atom. The third-order valence-electron chi connectivity index (χ3n) is 4.05. The molecular formula is C19H12F3N3O5S. The molecule has 0 spiro atoms. The molecule has 0 radical (unpaired) electrons. The van der Waals surface area contributed by atoms with Crippen molar-refractivity contribution in [2.45, 2.75) is 6.18 Å². The van der Waals surface area contributed by atoms with Crippen molar-refractivity contribution >= 4 is 46.3 Å². The van der Waals surface area contributed by atoms with Gasteiger partial charge in [0.15, 0.2) is 0 Å². The lowest BCUT2D eigenvalue weighted by atomic mass is 10.2. The lowest BCUT2D eigenvalue weighted by molar-refractivity contribution is -0.384. The lowest BCUT2D eigenvalue weighted by Crippen LogP contribution is -2.36. The van der Waals surface area contributed by atoms with E-state index in [-0.39, 0.29) is 16.3 Å². The van der Waals surface area contributed by atoms with Crippen LogP contribution in [0.2, 0.25) is 0 Å². The van der Waals surface area contributed by atoms with Gasteiger partial charge in [0.1, 0.15) is 6.54 Å². The number of halogens is 3. The molecule has 3 rings (SSSR count). The minimum absolute atomic E-state index is 0.00530. The van der Waals surface area contributed by atoms with Crippen LogP contribution in [0.25, 0.3) is 6.08 Å². The first-order valence-electron chi connectivity index (χ1n) is 8.51. The van der Waals surface area contributed by atoms with Crippen LogP contribution < -0.4 is 5.32 Å². The van der Waals surface area contributed by atoms with Gasteiger partial charge in [0.25, 0.3) is 16.8 Å². The fourth-order valence-corrected chi connectivity index (χ4v) is 3.44. The summed E-state index contributed by atoms with van der Waals surface area (Å²) in [6.45, 7) is -0.682. The number of hydrogen-bond donors (Lipinski definition) is 1. The zero-order valence-corrected chi connectivity index (χ0v) is 16.2. The van der Waals surface area contributed by atoms with E-state index >= 15 is 0 Å². The maximum absolute atomic E-state index is 12.8. The Morgan fingerprint density at radius 2 is 1.84 bits per heavy atom. The van der Waals surface area contributed by atoms with Gasteiger partial charge >= 0.3 is 6.18 Å². The van der Waals surface area contributed by atoms with Crippen LogP contribution in [0.1, 0.15) is 11.1 Å². The van der Waals surface area contributed by atoms with Crippen LogP contribution in [0, 0.1) is 10.1 Å². The predicted octanol–water partition coefficient (Wildman–Crippen LogP) is 4.29. The Bertz CT molecular complexity index is 1100. The summed E-state index contributed by atoms with van der Waals surface area (Å²) in [5.74, 6) is -1.61. The summed E-state index contributed by atoms with van der Waals surface area (Å²) in [6, 6.07) is 9.20. The summed E-state index contributed by atoms with van der Waals surface area (Å²) in [4.78, 5) is 47.5. The molecule has 1 fully saturated rings. The van der Waals surface area contributed by atoms with Gasteiger partial charge in [-0.25, -0.2) is 0 Å². The number of hydrogen-bond acceptors (Lipinski definition) is 6. The SMILES string of the molecule is O=C(CN1C(=O)S/C(=C\c2ccc([N+](=O)[O-])cc2)C1=O)Nc1cccc(C(F)(F)F)c1. The van der Waals surface area contributed by atoms with Crippen LogP contribution in [-0.2, 0) is 15.8 Å². The highest BCUT2D eigenvalue weighted by molar-refractivity contribution is 8.18. The molecule has 2 aromatic rings. The van der Waals surface area contributed by atoms with Gasteiger partial charge in [0, 0.05) is 17.8 Å². The van der Waals surface area contributed by atoms with Crippen molar-refractivity contribution in [3.8, 4) is 0 Å². The number of imide groups is 1. The van der Waals surface area contributed by atoms with Crippen LogP contribution in [0.15, 0.2) is 53.4 Å². The molecule has 2 aromatic carbocycles. The number of nitro groups is 1. The number of amides is 3. The molecule has 0 atom stereocenters. The van der Waals surface area contributed by atoms with Crippen LogP contribution >= 0.6 is 11.8 Å². The second-order valence-electron chi connectivity index (χ2n) is 6.24. The van der Waals surface area contributed by atoms with Crippen molar-refractivity contribution in [3.05, 3.63) is 74.7 Å². The van der Waals surface area contributed by atoms with Crippen LogP contribution in [-0.4, -0.2) is 33.4 Å². The van der Waals surface area contributed by atoms with Crippen molar-refractivity contribution in [1.29, 1.82) is 0 Å². The Labute approximate surface area is 176 Å². The van der Waals surface area contributed by atoms with Crippen molar-refractivity contribution in [1.82, 2.24) is 4.90 Å². The first-order chi connectivity index (χ1) is 14.5. The number of nitrogens with zero attached hydrogens (tertiary/aromatic N) is 2.